The number of carbonyl (C=O) groups is 2. The van der Waals surface area contributed by atoms with Gasteiger partial charge in [0.15, 0.2) is 11.5 Å². The summed E-state index contributed by atoms with van der Waals surface area (Å²) in [5.41, 5.74) is 2.79. The number of piperidine rings is 1. The van der Waals surface area contributed by atoms with Crippen molar-refractivity contribution in [2.24, 2.45) is 11.8 Å². The van der Waals surface area contributed by atoms with Gasteiger partial charge in [0.1, 0.15) is 11.9 Å². The molecule has 8 nitrogen and oxygen atoms in total. The van der Waals surface area contributed by atoms with Crippen molar-refractivity contribution in [1.82, 2.24) is 9.80 Å². The lowest BCUT2D eigenvalue weighted by molar-refractivity contribution is -0.138. The topological polar surface area (TPSA) is 81.5 Å². The van der Waals surface area contributed by atoms with Crippen molar-refractivity contribution < 1.29 is 28.2 Å². The summed E-state index contributed by atoms with van der Waals surface area (Å²) < 4.78 is 23.7. The molecule has 2 fully saturated rings. The molecule has 1 aromatic carbocycles. The standard InChI is InChI=1S/C31H38N2O6/c1-18(2)16-33(27(35)9-6-20-10-13-37-17-20)23-8-7-22-24-14-21-25(38-19(3)34)15-26(36-5)29-28(21)31(22,30(23)39-29)11-12-32(24)4/h6,9-10,13,15,17-18,22-24,30H,7-8,11-12,14,16H2,1-5H3/b9-6+/t22-,23-,24+,30-,31-/m0/s1. The van der Waals surface area contributed by atoms with Gasteiger partial charge in [-0.25, -0.2) is 0 Å². The van der Waals surface area contributed by atoms with E-state index in [1.807, 2.05) is 17.0 Å². The Labute approximate surface area is 229 Å². The monoisotopic (exact) mass is 534 g/mol. The number of hydrogen-bond donors (Lipinski definition) is 0. The zero-order chi connectivity index (χ0) is 27.5. The molecule has 0 radical (unpaired) electrons. The molecule has 208 valence electrons. The third kappa shape index (κ3) is 4.06. The maximum Gasteiger partial charge on any atom is 0.308 e. The average Bonchev–Trinajstić information content (AvgIpc) is 3.54. The summed E-state index contributed by atoms with van der Waals surface area (Å²) in [5, 5.41) is 0. The highest BCUT2D eigenvalue weighted by Crippen LogP contribution is 2.65. The minimum absolute atomic E-state index is 0.0163. The summed E-state index contributed by atoms with van der Waals surface area (Å²) in [5.74, 6) is 2.25. The normalized spacial score (nSPS) is 28.8. The van der Waals surface area contributed by atoms with E-state index in [0.29, 0.717) is 35.9 Å². The number of ether oxygens (including phenoxy) is 3. The lowest BCUT2D eigenvalue weighted by Gasteiger charge is -2.60. The van der Waals surface area contributed by atoms with Gasteiger partial charge >= 0.3 is 5.97 Å². The summed E-state index contributed by atoms with van der Waals surface area (Å²) >= 11 is 0. The number of likely N-dealkylation sites (N-methyl/N-ethyl adjacent to an activating group) is 1. The highest BCUT2D eigenvalue weighted by molar-refractivity contribution is 5.92. The quantitative estimate of drug-likeness (QED) is 0.295. The Bertz CT molecular complexity index is 1300. The number of esters is 1. The second-order valence-corrected chi connectivity index (χ2v) is 12.0. The van der Waals surface area contributed by atoms with Crippen LogP contribution in [0.5, 0.6) is 17.2 Å². The highest BCUT2D eigenvalue weighted by atomic mass is 16.5. The summed E-state index contributed by atoms with van der Waals surface area (Å²) in [7, 11) is 3.83. The van der Waals surface area contributed by atoms with Crippen LogP contribution in [0, 0.1) is 11.8 Å². The van der Waals surface area contributed by atoms with E-state index in [9.17, 15) is 9.59 Å². The van der Waals surface area contributed by atoms with Crippen LogP contribution < -0.4 is 14.2 Å². The van der Waals surface area contributed by atoms with E-state index in [4.69, 9.17) is 18.6 Å². The predicted molar refractivity (Wildman–Crippen MR) is 146 cm³/mol. The van der Waals surface area contributed by atoms with E-state index in [1.165, 1.54) is 6.92 Å². The molecule has 1 saturated heterocycles. The molecule has 3 heterocycles. The van der Waals surface area contributed by atoms with Crippen LogP contribution in [-0.4, -0.2) is 67.1 Å². The first-order chi connectivity index (χ1) is 18.7. The van der Waals surface area contributed by atoms with Crippen LogP contribution in [0.15, 0.2) is 35.2 Å². The zero-order valence-corrected chi connectivity index (χ0v) is 23.4. The van der Waals surface area contributed by atoms with E-state index < -0.39 is 0 Å². The maximum absolute atomic E-state index is 13.8. The predicted octanol–water partition coefficient (Wildman–Crippen LogP) is 4.45. The second kappa shape index (κ2) is 9.73. The minimum Gasteiger partial charge on any atom is -0.493 e. The van der Waals surface area contributed by atoms with Crippen LogP contribution in [0.2, 0.25) is 0 Å². The van der Waals surface area contributed by atoms with Gasteiger partial charge < -0.3 is 28.4 Å². The molecule has 1 amide bonds. The van der Waals surface area contributed by atoms with Gasteiger partial charge in [-0.1, -0.05) is 13.8 Å². The van der Waals surface area contributed by atoms with Crippen LogP contribution in [0.25, 0.3) is 6.08 Å². The number of furan rings is 1. The maximum atomic E-state index is 13.8. The van der Waals surface area contributed by atoms with E-state index in [1.54, 1.807) is 31.8 Å². The lowest BCUT2D eigenvalue weighted by Crippen LogP contribution is -2.68. The molecule has 1 saturated carbocycles. The first-order valence-corrected chi connectivity index (χ1v) is 14.0. The fourth-order valence-electron chi connectivity index (χ4n) is 7.88. The number of methoxy groups -OCH3 is 1. The lowest BCUT2D eigenvalue weighted by atomic mass is 9.51. The Morgan fingerprint density at radius 2 is 2.10 bits per heavy atom. The Kier molecular flexibility index (Phi) is 6.49. The average molecular weight is 535 g/mol. The Morgan fingerprint density at radius 1 is 1.28 bits per heavy atom. The largest absolute Gasteiger partial charge is 0.493 e. The Hall–Kier alpha value is -3.26. The van der Waals surface area contributed by atoms with E-state index >= 15 is 0 Å². The van der Waals surface area contributed by atoms with Crippen LogP contribution in [0.4, 0.5) is 0 Å². The van der Waals surface area contributed by atoms with Gasteiger partial charge in [-0.05, 0) is 63.3 Å². The summed E-state index contributed by atoms with van der Waals surface area (Å²) in [6.07, 6.45) is 10.1. The number of benzene rings is 1. The molecule has 2 bridgehead atoms. The van der Waals surface area contributed by atoms with Crippen LogP contribution >= 0.6 is 0 Å². The van der Waals surface area contributed by atoms with Gasteiger partial charge in [0, 0.05) is 53.8 Å². The van der Waals surface area contributed by atoms with Crippen molar-refractivity contribution in [3.63, 3.8) is 0 Å². The molecular formula is C31H38N2O6. The van der Waals surface area contributed by atoms with Crippen molar-refractivity contribution in [3.8, 4) is 17.2 Å². The zero-order valence-electron chi connectivity index (χ0n) is 23.4. The van der Waals surface area contributed by atoms with E-state index in [-0.39, 0.29) is 29.4 Å². The fourth-order valence-corrected chi connectivity index (χ4v) is 7.88. The molecule has 39 heavy (non-hydrogen) atoms. The van der Waals surface area contributed by atoms with Crippen molar-refractivity contribution in [2.75, 3.05) is 27.2 Å². The third-order valence-electron chi connectivity index (χ3n) is 9.32. The van der Waals surface area contributed by atoms with Crippen molar-refractivity contribution in [2.45, 2.75) is 70.1 Å². The minimum atomic E-state index is -0.346. The van der Waals surface area contributed by atoms with E-state index in [0.717, 1.165) is 54.7 Å². The first kappa shape index (κ1) is 26.0. The number of likely N-dealkylation sites (tertiary alicyclic amines) is 1. The molecule has 2 aliphatic carbocycles. The van der Waals surface area contributed by atoms with Gasteiger partial charge in [-0.2, -0.15) is 0 Å². The van der Waals surface area contributed by atoms with Crippen LogP contribution in [0.1, 0.15) is 56.7 Å². The number of carbonyl (C=O) groups excluding carboxylic acids is 2. The Balaban J connectivity index is 1.46. The molecule has 2 aliphatic heterocycles. The van der Waals surface area contributed by atoms with Crippen molar-refractivity contribution in [3.05, 3.63) is 47.4 Å². The number of amides is 1. The second-order valence-electron chi connectivity index (χ2n) is 12.0. The number of hydrogen-bond acceptors (Lipinski definition) is 7. The molecule has 1 spiro atoms. The Morgan fingerprint density at radius 3 is 2.79 bits per heavy atom. The molecule has 8 heteroatoms. The first-order valence-electron chi connectivity index (χ1n) is 14.0. The van der Waals surface area contributed by atoms with Gasteiger partial charge in [0.05, 0.1) is 25.7 Å². The highest BCUT2D eigenvalue weighted by Gasteiger charge is 2.67. The molecule has 5 atom stereocenters. The molecule has 0 N–H and O–H groups in total. The summed E-state index contributed by atoms with van der Waals surface area (Å²) in [6, 6.07) is 3.88. The summed E-state index contributed by atoms with van der Waals surface area (Å²) in [4.78, 5) is 30.4. The molecule has 6 rings (SSSR count). The third-order valence-corrected chi connectivity index (χ3v) is 9.32. The van der Waals surface area contributed by atoms with Gasteiger partial charge in [0.2, 0.25) is 5.91 Å². The van der Waals surface area contributed by atoms with Crippen molar-refractivity contribution in [1.29, 1.82) is 0 Å². The number of nitrogens with zero attached hydrogens (tertiary/aromatic N) is 2. The van der Waals surface area contributed by atoms with E-state index in [2.05, 4.69) is 25.8 Å². The molecular weight excluding hydrogens is 496 g/mol. The molecule has 4 aliphatic rings. The molecule has 1 aromatic heterocycles. The SMILES string of the molecule is COc1cc(OC(C)=O)c2c3c1O[C@H]1[C@@H](N(CC(C)C)C(=O)/C=C/c4ccoc4)CC[C@H]4[C@@H](C2)N(C)CC[C@@]341. The smallest absolute Gasteiger partial charge is 0.308 e. The summed E-state index contributed by atoms with van der Waals surface area (Å²) in [6.45, 7) is 7.32. The van der Waals surface area contributed by atoms with Gasteiger partial charge in [0.25, 0.3) is 0 Å². The van der Waals surface area contributed by atoms with Crippen molar-refractivity contribution >= 4 is 18.0 Å². The number of rotatable bonds is 7. The van der Waals surface area contributed by atoms with Gasteiger partial charge in [-0.15, -0.1) is 0 Å². The molecule has 2 aromatic rings. The molecule has 0 unspecified atom stereocenters. The van der Waals surface area contributed by atoms with Crippen LogP contribution in [0.3, 0.4) is 0 Å². The fraction of sp³-hybridized carbons (Fsp3) is 0.548. The van der Waals surface area contributed by atoms with Gasteiger partial charge in [-0.3, -0.25) is 9.59 Å². The van der Waals surface area contributed by atoms with Crippen LogP contribution in [-0.2, 0) is 21.4 Å².